The van der Waals surface area contributed by atoms with E-state index < -0.39 is 32.3 Å². The molecule has 10 rings (SSSR count). The molecule has 0 saturated carbocycles. The highest BCUT2D eigenvalue weighted by Gasteiger charge is 2.28. The van der Waals surface area contributed by atoms with Gasteiger partial charge in [-0.15, -0.1) is 0 Å². The zero-order valence-electron chi connectivity index (χ0n) is 45.2. The topological polar surface area (TPSA) is 6.48 Å². The molecular formula is C66H72N2Si4. The zero-order valence-corrected chi connectivity index (χ0v) is 49.2. The van der Waals surface area contributed by atoms with E-state index in [1.165, 1.54) is 121 Å². The lowest BCUT2D eigenvalue weighted by Crippen LogP contribution is -2.37. The lowest BCUT2D eigenvalue weighted by molar-refractivity contribution is 1.30. The Balaban J connectivity index is 1.35. The minimum absolute atomic E-state index is 1.17. The average Bonchev–Trinajstić information content (AvgIpc) is 3.34. The van der Waals surface area contributed by atoms with Crippen LogP contribution in [0.3, 0.4) is 0 Å². The minimum Gasteiger partial charge on any atom is -0.310 e. The molecule has 0 amide bonds. The fourth-order valence-electron chi connectivity index (χ4n) is 10.6. The quantitative estimate of drug-likeness (QED) is 0.0889. The van der Waals surface area contributed by atoms with E-state index in [1.54, 1.807) is 0 Å². The number of rotatable bonds is 12. The Bertz CT molecular complexity index is 3210. The van der Waals surface area contributed by atoms with E-state index >= 15 is 0 Å². The van der Waals surface area contributed by atoms with Crippen LogP contribution in [0.1, 0.15) is 11.1 Å². The van der Waals surface area contributed by atoms with Gasteiger partial charge in [0.2, 0.25) is 0 Å². The van der Waals surface area contributed by atoms with Gasteiger partial charge in [-0.2, -0.15) is 0 Å². The summed E-state index contributed by atoms with van der Waals surface area (Å²) in [6.07, 6.45) is 0. The molecule has 0 aliphatic carbocycles. The molecule has 0 aliphatic rings. The molecule has 0 heterocycles. The SMILES string of the molecule is Cc1ccc(-c2cc(N(c3ccc([Si](C)(C)C)cc3)c3ccc([Si](C)(C)C)cc3)c3ccc4c(-c5ccc(C)cc5)cc(N(c5ccc([Si](C)(C)C)cc5)c5ccc([Si](C)(C)C)cc5)c5ccc2c3c45)cc1. The first-order chi connectivity index (χ1) is 34.0. The Kier molecular flexibility index (Phi) is 12.5. The third kappa shape index (κ3) is 9.35. The largest absolute Gasteiger partial charge is 0.310 e. The third-order valence-corrected chi connectivity index (χ3v) is 23.3. The van der Waals surface area contributed by atoms with Crippen LogP contribution in [0.15, 0.2) is 182 Å². The lowest BCUT2D eigenvalue weighted by atomic mass is 9.85. The van der Waals surface area contributed by atoms with E-state index in [9.17, 15) is 0 Å². The normalized spacial score (nSPS) is 12.6. The van der Waals surface area contributed by atoms with E-state index in [0.29, 0.717) is 0 Å². The van der Waals surface area contributed by atoms with Gasteiger partial charge in [-0.3, -0.25) is 0 Å². The molecule has 0 radical (unpaired) electrons. The fourth-order valence-corrected chi connectivity index (χ4v) is 15.2. The molecular weight excluding hydrogens is 933 g/mol. The van der Waals surface area contributed by atoms with E-state index in [-0.39, 0.29) is 0 Å². The van der Waals surface area contributed by atoms with Crippen molar-refractivity contribution < 1.29 is 0 Å². The van der Waals surface area contributed by atoms with Crippen LogP contribution < -0.4 is 30.5 Å². The Morgan fingerprint density at radius 1 is 0.264 bits per heavy atom. The van der Waals surface area contributed by atoms with Crippen molar-refractivity contribution >= 4 is 119 Å². The van der Waals surface area contributed by atoms with Crippen LogP contribution in [-0.2, 0) is 0 Å². The van der Waals surface area contributed by atoms with Crippen LogP contribution in [0.2, 0.25) is 78.6 Å². The first-order valence-corrected chi connectivity index (χ1v) is 40.0. The Hall–Kier alpha value is -6.29. The Morgan fingerprint density at radius 2 is 0.500 bits per heavy atom. The number of aryl methyl sites for hydroxylation is 2. The highest BCUT2D eigenvalue weighted by Crippen LogP contribution is 2.52. The number of hydrogen-bond acceptors (Lipinski definition) is 2. The van der Waals surface area contributed by atoms with Crippen LogP contribution in [0.25, 0.3) is 54.6 Å². The molecule has 10 aromatic rings. The summed E-state index contributed by atoms with van der Waals surface area (Å²) in [4.78, 5) is 5.08. The van der Waals surface area contributed by atoms with Gasteiger partial charge < -0.3 is 9.80 Å². The van der Waals surface area contributed by atoms with E-state index in [2.05, 4.69) is 284 Å². The summed E-state index contributed by atoms with van der Waals surface area (Å²) in [5.41, 5.74) is 14.4. The highest BCUT2D eigenvalue weighted by atomic mass is 28.3. The first-order valence-electron chi connectivity index (χ1n) is 26.0. The second-order valence-corrected chi connectivity index (χ2v) is 44.9. The maximum Gasteiger partial charge on any atom is 0.0775 e. The molecule has 0 spiro atoms. The molecule has 0 saturated heterocycles. The predicted octanol–water partition coefficient (Wildman–Crippen LogP) is 17.7. The number of nitrogens with zero attached hydrogens (tertiary/aromatic N) is 2. The number of anilines is 6. The summed E-state index contributed by atoms with van der Waals surface area (Å²) in [5, 5.41) is 13.4. The summed E-state index contributed by atoms with van der Waals surface area (Å²) in [7, 11) is -6.25. The van der Waals surface area contributed by atoms with E-state index in [4.69, 9.17) is 0 Å². The van der Waals surface area contributed by atoms with Crippen molar-refractivity contribution in [1.82, 2.24) is 0 Å². The van der Waals surface area contributed by atoms with Crippen molar-refractivity contribution in [3.8, 4) is 22.3 Å². The van der Waals surface area contributed by atoms with Crippen molar-refractivity contribution in [2.45, 2.75) is 92.4 Å². The molecule has 0 aliphatic heterocycles. The molecule has 0 atom stereocenters. The van der Waals surface area contributed by atoms with E-state index in [0.717, 1.165) is 0 Å². The van der Waals surface area contributed by atoms with E-state index in [1.807, 2.05) is 0 Å². The molecule has 362 valence electrons. The maximum absolute atomic E-state index is 2.54. The van der Waals surface area contributed by atoms with Gasteiger partial charge in [0.1, 0.15) is 0 Å². The van der Waals surface area contributed by atoms with Gasteiger partial charge in [-0.1, -0.05) is 232 Å². The van der Waals surface area contributed by atoms with Crippen molar-refractivity contribution in [2.24, 2.45) is 0 Å². The molecule has 6 heteroatoms. The fraction of sp³-hybridized carbons (Fsp3) is 0.212. The summed E-state index contributed by atoms with van der Waals surface area (Å²) >= 11 is 0. The molecule has 0 fully saturated rings. The van der Waals surface area contributed by atoms with Gasteiger partial charge >= 0.3 is 0 Å². The molecule has 10 aromatic carbocycles. The van der Waals surface area contributed by atoms with Crippen molar-refractivity contribution in [3.05, 3.63) is 193 Å². The molecule has 0 aromatic heterocycles. The monoisotopic (exact) mass is 1000 g/mol. The van der Waals surface area contributed by atoms with Crippen LogP contribution >= 0.6 is 0 Å². The summed E-state index contributed by atoms with van der Waals surface area (Å²) < 4.78 is 0. The molecule has 0 unspecified atom stereocenters. The molecule has 0 N–H and O–H groups in total. The summed E-state index contributed by atoms with van der Waals surface area (Å²) in [6.45, 7) is 33.6. The summed E-state index contributed by atoms with van der Waals surface area (Å²) in [5.74, 6) is 0. The number of benzene rings is 10. The third-order valence-electron chi connectivity index (χ3n) is 15.0. The smallest absolute Gasteiger partial charge is 0.0775 e. The van der Waals surface area contributed by atoms with Gasteiger partial charge in [0.05, 0.1) is 43.7 Å². The van der Waals surface area contributed by atoms with Crippen LogP contribution in [-0.4, -0.2) is 32.3 Å². The van der Waals surface area contributed by atoms with Gasteiger partial charge in [0.15, 0.2) is 0 Å². The predicted molar refractivity (Wildman–Crippen MR) is 332 cm³/mol. The Labute approximate surface area is 434 Å². The highest BCUT2D eigenvalue weighted by molar-refractivity contribution is 6.90. The zero-order chi connectivity index (χ0) is 51.1. The second-order valence-electron chi connectivity index (χ2n) is 24.5. The maximum atomic E-state index is 2.54. The Morgan fingerprint density at radius 3 is 0.736 bits per heavy atom. The van der Waals surface area contributed by atoms with Gasteiger partial charge in [0.25, 0.3) is 0 Å². The standard InChI is InChI=1S/C66H72N2Si4/c1-45-15-19-47(20-16-45)61-43-63(67(49-23-31-53(32-24-49)69(3,4)5)50-25-33-54(34-26-50)70(6,7)8)59-42-40-58-62(48-21-17-46(2)18-22-48)44-64(60-41-39-57(61)65(59)66(58)60)68(51-27-35-55(36-28-51)71(9,10)11)52-29-37-56(38-30-52)72(12,13)14/h15-44H,1-14H3. The van der Waals surface area contributed by atoms with Crippen LogP contribution in [0.5, 0.6) is 0 Å². The average molecular weight is 1010 g/mol. The molecule has 72 heavy (non-hydrogen) atoms. The van der Waals surface area contributed by atoms with Crippen LogP contribution in [0, 0.1) is 13.8 Å². The lowest BCUT2D eigenvalue weighted by Gasteiger charge is -2.32. The van der Waals surface area contributed by atoms with Gasteiger partial charge in [-0.25, -0.2) is 0 Å². The van der Waals surface area contributed by atoms with Gasteiger partial charge in [0, 0.05) is 44.3 Å². The molecule has 2 nitrogen and oxygen atoms in total. The number of hydrogen-bond donors (Lipinski definition) is 0. The van der Waals surface area contributed by atoms with Crippen molar-refractivity contribution in [3.63, 3.8) is 0 Å². The minimum atomic E-state index is -1.56. The summed E-state index contributed by atoms with van der Waals surface area (Å²) in [6, 6.07) is 71.1. The first kappa shape index (κ1) is 49.3. The van der Waals surface area contributed by atoms with Crippen molar-refractivity contribution in [1.29, 1.82) is 0 Å². The molecule has 0 bridgehead atoms. The van der Waals surface area contributed by atoms with Crippen LogP contribution in [0.4, 0.5) is 34.1 Å². The van der Waals surface area contributed by atoms with Crippen molar-refractivity contribution in [2.75, 3.05) is 9.80 Å². The second kappa shape index (κ2) is 18.3. The van der Waals surface area contributed by atoms with Gasteiger partial charge in [-0.05, 0) is 108 Å².